The molecule has 7 heteroatoms. The summed E-state index contributed by atoms with van der Waals surface area (Å²) in [4.78, 5) is 32.4. The first-order valence-corrected chi connectivity index (χ1v) is 10.7. The van der Waals surface area contributed by atoms with Crippen LogP contribution in [0.4, 0.5) is 0 Å². The Labute approximate surface area is 182 Å². The van der Waals surface area contributed by atoms with Crippen molar-refractivity contribution >= 4 is 22.8 Å². The lowest BCUT2D eigenvalue weighted by atomic mass is 10.1. The first kappa shape index (κ1) is 20.9. The van der Waals surface area contributed by atoms with E-state index in [9.17, 15) is 9.59 Å². The molecule has 1 unspecified atom stereocenters. The minimum absolute atomic E-state index is 0.0952. The molecule has 7 nitrogen and oxygen atoms in total. The van der Waals surface area contributed by atoms with Crippen LogP contribution in [0.25, 0.3) is 11.0 Å². The Morgan fingerprint density at radius 3 is 2.48 bits per heavy atom. The number of hydrogen-bond acceptors (Lipinski definition) is 4. The normalized spacial score (nSPS) is 15.0. The molecule has 1 aliphatic rings. The van der Waals surface area contributed by atoms with Crippen LogP contribution in [0.5, 0.6) is 5.75 Å². The van der Waals surface area contributed by atoms with E-state index in [0.717, 1.165) is 37.0 Å². The van der Waals surface area contributed by atoms with Crippen LogP contribution >= 0.6 is 0 Å². The van der Waals surface area contributed by atoms with Crippen LogP contribution in [0.2, 0.25) is 0 Å². The highest BCUT2D eigenvalue weighted by molar-refractivity contribution is 5.94. The maximum atomic E-state index is 13.0. The quantitative estimate of drug-likeness (QED) is 0.662. The average Bonchev–Trinajstić information content (AvgIpc) is 3.18. The second kappa shape index (κ2) is 9.20. The van der Waals surface area contributed by atoms with Crippen molar-refractivity contribution < 1.29 is 14.3 Å². The maximum absolute atomic E-state index is 13.0. The minimum Gasteiger partial charge on any atom is -0.497 e. The van der Waals surface area contributed by atoms with E-state index in [1.807, 2.05) is 40.7 Å². The number of fused-ring (bicyclic) bond motifs is 1. The number of imidazole rings is 1. The lowest BCUT2D eigenvalue weighted by molar-refractivity contribution is -0.132. The maximum Gasteiger partial charge on any atom is 0.251 e. The average molecular weight is 421 g/mol. The number of ether oxygens (including phenoxy) is 1. The third-order valence-electron chi connectivity index (χ3n) is 5.77. The van der Waals surface area contributed by atoms with Crippen molar-refractivity contribution in [2.75, 3.05) is 20.2 Å². The van der Waals surface area contributed by atoms with Crippen molar-refractivity contribution in [3.8, 4) is 5.75 Å². The number of aromatic nitrogens is 2. The van der Waals surface area contributed by atoms with Gasteiger partial charge in [-0.05, 0) is 62.6 Å². The van der Waals surface area contributed by atoms with Gasteiger partial charge >= 0.3 is 0 Å². The number of methoxy groups -OCH3 is 1. The summed E-state index contributed by atoms with van der Waals surface area (Å²) in [7, 11) is 1.59. The molecule has 1 N–H and O–H groups in total. The number of benzene rings is 2. The Morgan fingerprint density at radius 2 is 1.77 bits per heavy atom. The number of rotatable bonds is 6. The van der Waals surface area contributed by atoms with Gasteiger partial charge in [-0.2, -0.15) is 0 Å². The Kier molecular flexibility index (Phi) is 6.21. The van der Waals surface area contributed by atoms with Crippen LogP contribution < -0.4 is 10.1 Å². The van der Waals surface area contributed by atoms with Gasteiger partial charge in [0.25, 0.3) is 5.91 Å². The molecular formula is C24H28N4O3. The van der Waals surface area contributed by atoms with Crippen LogP contribution in [0, 0.1) is 0 Å². The van der Waals surface area contributed by atoms with Crippen molar-refractivity contribution in [2.45, 2.75) is 38.8 Å². The largest absolute Gasteiger partial charge is 0.497 e. The van der Waals surface area contributed by atoms with Crippen molar-refractivity contribution in [3.63, 3.8) is 0 Å². The zero-order valence-electron chi connectivity index (χ0n) is 18.0. The number of nitrogens with one attached hydrogen (secondary N) is 1. The van der Waals surface area contributed by atoms with Crippen LogP contribution in [0.15, 0.2) is 48.5 Å². The number of para-hydroxylation sites is 2. The number of likely N-dealkylation sites (tertiary alicyclic amines) is 1. The van der Waals surface area contributed by atoms with E-state index in [1.54, 1.807) is 31.4 Å². The summed E-state index contributed by atoms with van der Waals surface area (Å²) in [6.45, 7) is 3.73. The van der Waals surface area contributed by atoms with Gasteiger partial charge < -0.3 is 19.5 Å². The fourth-order valence-corrected chi connectivity index (χ4v) is 4.06. The van der Waals surface area contributed by atoms with E-state index < -0.39 is 0 Å². The van der Waals surface area contributed by atoms with Crippen LogP contribution in [0.1, 0.15) is 48.4 Å². The van der Waals surface area contributed by atoms with Crippen LogP contribution in [0.3, 0.4) is 0 Å². The summed E-state index contributed by atoms with van der Waals surface area (Å²) in [5.74, 6) is 1.27. The lowest BCUT2D eigenvalue weighted by Crippen LogP contribution is -2.38. The highest BCUT2D eigenvalue weighted by Crippen LogP contribution is 2.22. The monoisotopic (exact) mass is 420 g/mol. The molecule has 31 heavy (non-hydrogen) atoms. The molecule has 0 spiro atoms. The van der Waals surface area contributed by atoms with Gasteiger partial charge in [-0.1, -0.05) is 12.1 Å². The molecular weight excluding hydrogens is 392 g/mol. The number of carbonyl (C=O) groups excluding carboxylic acids is 2. The van der Waals surface area contributed by atoms with Gasteiger partial charge in [-0.3, -0.25) is 9.59 Å². The standard InChI is InChI=1S/C24H28N4O3/c1-17(25-24(30)18-10-12-19(31-2)13-11-18)23-26-20-8-4-5-9-21(20)28(23)16-22(29)27-14-6-3-7-15-27/h4-5,8-13,17H,3,6-7,14-16H2,1-2H3,(H,25,30). The predicted octanol–water partition coefficient (Wildman–Crippen LogP) is 3.55. The van der Waals surface area contributed by atoms with Crippen molar-refractivity contribution in [1.29, 1.82) is 0 Å². The molecule has 3 aromatic rings. The van der Waals surface area contributed by atoms with E-state index in [4.69, 9.17) is 9.72 Å². The summed E-state index contributed by atoms with van der Waals surface area (Å²) < 4.78 is 7.09. The molecule has 0 radical (unpaired) electrons. The fraction of sp³-hybridized carbons (Fsp3) is 0.375. The molecule has 2 aromatic carbocycles. The summed E-state index contributed by atoms with van der Waals surface area (Å²) in [6, 6.07) is 14.4. The Balaban J connectivity index is 1.57. The molecule has 162 valence electrons. The number of piperidine rings is 1. The van der Waals surface area contributed by atoms with Crippen LogP contribution in [-0.4, -0.2) is 46.5 Å². The molecule has 2 heterocycles. The van der Waals surface area contributed by atoms with E-state index in [-0.39, 0.29) is 24.4 Å². The molecule has 1 atom stereocenters. The SMILES string of the molecule is COc1ccc(C(=O)NC(C)c2nc3ccccc3n2CC(=O)N2CCCCC2)cc1. The highest BCUT2D eigenvalue weighted by atomic mass is 16.5. The number of nitrogens with zero attached hydrogens (tertiary/aromatic N) is 3. The third kappa shape index (κ3) is 4.55. The van der Waals surface area contributed by atoms with Gasteiger partial charge in [0.15, 0.2) is 0 Å². The van der Waals surface area contributed by atoms with E-state index >= 15 is 0 Å². The van der Waals surface area contributed by atoms with Gasteiger partial charge in [-0.15, -0.1) is 0 Å². The van der Waals surface area contributed by atoms with Gasteiger partial charge in [0.2, 0.25) is 5.91 Å². The van der Waals surface area contributed by atoms with Gasteiger partial charge in [0.1, 0.15) is 18.1 Å². The predicted molar refractivity (Wildman–Crippen MR) is 119 cm³/mol. The van der Waals surface area contributed by atoms with E-state index in [2.05, 4.69) is 5.32 Å². The second-order valence-electron chi connectivity index (χ2n) is 7.91. The molecule has 4 rings (SSSR count). The third-order valence-corrected chi connectivity index (χ3v) is 5.77. The summed E-state index contributed by atoms with van der Waals surface area (Å²) in [5, 5.41) is 3.02. The zero-order valence-corrected chi connectivity index (χ0v) is 18.0. The van der Waals surface area contributed by atoms with Crippen molar-refractivity contribution in [2.24, 2.45) is 0 Å². The Hall–Kier alpha value is -3.35. The summed E-state index contributed by atoms with van der Waals surface area (Å²) in [6.07, 6.45) is 3.28. The molecule has 0 saturated carbocycles. The minimum atomic E-state index is -0.365. The fourth-order valence-electron chi connectivity index (χ4n) is 4.06. The topological polar surface area (TPSA) is 76.5 Å². The van der Waals surface area contributed by atoms with E-state index in [1.165, 1.54) is 6.42 Å². The molecule has 0 aliphatic carbocycles. The van der Waals surface area contributed by atoms with Crippen molar-refractivity contribution in [1.82, 2.24) is 19.8 Å². The first-order chi connectivity index (χ1) is 15.1. The Morgan fingerprint density at radius 1 is 1.06 bits per heavy atom. The molecule has 1 aromatic heterocycles. The van der Waals surface area contributed by atoms with E-state index in [0.29, 0.717) is 17.1 Å². The van der Waals surface area contributed by atoms with Crippen molar-refractivity contribution in [3.05, 3.63) is 59.9 Å². The summed E-state index contributed by atoms with van der Waals surface area (Å²) >= 11 is 0. The van der Waals surface area contributed by atoms with Gasteiger partial charge in [0, 0.05) is 18.7 Å². The highest BCUT2D eigenvalue weighted by Gasteiger charge is 2.23. The molecule has 0 bridgehead atoms. The molecule has 2 amide bonds. The van der Waals surface area contributed by atoms with Gasteiger partial charge in [0.05, 0.1) is 24.2 Å². The number of carbonyl (C=O) groups is 2. The smallest absolute Gasteiger partial charge is 0.251 e. The van der Waals surface area contributed by atoms with Gasteiger partial charge in [-0.25, -0.2) is 4.98 Å². The second-order valence-corrected chi connectivity index (χ2v) is 7.91. The Bertz CT molecular complexity index is 1070. The zero-order chi connectivity index (χ0) is 21.8. The number of hydrogen-bond donors (Lipinski definition) is 1. The molecule has 1 fully saturated rings. The lowest BCUT2D eigenvalue weighted by Gasteiger charge is -2.27. The first-order valence-electron chi connectivity index (χ1n) is 10.7. The molecule has 1 saturated heterocycles. The van der Waals surface area contributed by atoms with Crippen LogP contribution in [-0.2, 0) is 11.3 Å². The summed E-state index contributed by atoms with van der Waals surface area (Å²) in [5.41, 5.74) is 2.25. The number of amides is 2. The molecule has 1 aliphatic heterocycles.